The van der Waals surface area contributed by atoms with Gasteiger partial charge < -0.3 is 4.42 Å². The van der Waals surface area contributed by atoms with Crippen molar-refractivity contribution in [1.29, 1.82) is 0 Å². The molecule has 2 heterocycles. The Bertz CT molecular complexity index is 1180. The maximum Gasteiger partial charge on any atom is 0.266 e. The molecule has 0 saturated carbocycles. The molecule has 0 radical (unpaired) electrons. The summed E-state index contributed by atoms with van der Waals surface area (Å²) in [6.07, 6.45) is 0. The molecule has 2 aromatic heterocycles. The van der Waals surface area contributed by atoms with Crippen molar-refractivity contribution in [3.05, 3.63) is 76.2 Å². The van der Waals surface area contributed by atoms with E-state index in [0.29, 0.717) is 33.6 Å². The zero-order valence-electron chi connectivity index (χ0n) is 15.9. The number of benzene rings is 2. The number of para-hydroxylation sites is 1. The number of thioether (sulfide) groups is 1. The van der Waals surface area contributed by atoms with Gasteiger partial charge in [0, 0.05) is 5.92 Å². The van der Waals surface area contributed by atoms with Gasteiger partial charge in [0.1, 0.15) is 0 Å². The smallest absolute Gasteiger partial charge is 0.266 e. The fourth-order valence-corrected chi connectivity index (χ4v) is 3.66. The number of nitrogens with zero attached hydrogens (tertiary/aromatic N) is 4. The van der Waals surface area contributed by atoms with Crippen LogP contribution in [-0.4, -0.2) is 19.7 Å². The highest BCUT2D eigenvalue weighted by atomic mass is 32.2. The van der Waals surface area contributed by atoms with Gasteiger partial charge in [0.15, 0.2) is 5.16 Å². The predicted octanol–water partition coefficient (Wildman–Crippen LogP) is 4.49. The summed E-state index contributed by atoms with van der Waals surface area (Å²) in [7, 11) is 0. The Morgan fingerprint density at radius 3 is 2.54 bits per heavy atom. The van der Waals surface area contributed by atoms with E-state index in [4.69, 9.17) is 9.40 Å². The van der Waals surface area contributed by atoms with Gasteiger partial charge in [0.05, 0.1) is 22.3 Å². The van der Waals surface area contributed by atoms with Gasteiger partial charge >= 0.3 is 0 Å². The average molecular weight is 392 g/mol. The Morgan fingerprint density at radius 1 is 1.07 bits per heavy atom. The van der Waals surface area contributed by atoms with Gasteiger partial charge in [-0.3, -0.25) is 9.36 Å². The zero-order valence-corrected chi connectivity index (χ0v) is 16.7. The van der Waals surface area contributed by atoms with Crippen molar-refractivity contribution in [2.24, 2.45) is 0 Å². The van der Waals surface area contributed by atoms with E-state index in [0.717, 1.165) is 11.3 Å². The topological polar surface area (TPSA) is 73.8 Å². The van der Waals surface area contributed by atoms with Crippen LogP contribution in [0.4, 0.5) is 0 Å². The van der Waals surface area contributed by atoms with Gasteiger partial charge in [-0.25, -0.2) is 4.98 Å². The lowest BCUT2D eigenvalue weighted by atomic mass is 10.2. The van der Waals surface area contributed by atoms with Crippen LogP contribution < -0.4 is 5.56 Å². The Morgan fingerprint density at radius 2 is 1.82 bits per heavy atom. The summed E-state index contributed by atoms with van der Waals surface area (Å²) in [6, 6.07) is 15.2. The lowest BCUT2D eigenvalue weighted by molar-refractivity contribution is 0.445. The van der Waals surface area contributed by atoms with Crippen molar-refractivity contribution in [3.8, 4) is 5.69 Å². The fourth-order valence-electron chi connectivity index (χ4n) is 2.82. The molecule has 0 aliphatic carbocycles. The summed E-state index contributed by atoms with van der Waals surface area (Å²) >= 11 is 1.41. The van der Waals surface area contributed by atoms with Crippen LogP contribution in [0.1, 0.15) is 37.1 Å². The molecule has 0 atom stereocenters. The number of aromatic nitrogens is 4. The largest absolute Gasteiger partial charge is 0.424 e. The number of hydrogen-bond acceptors (Lipinski definition) is 6. The van der Waals surface area contributed by atoms with Crippen LogP contribution in [0.15, 0.2) is 62.9 Å². The molecular weight excluding hydrogens is 372 g/mol. The van der Waals surface area contributed by atoms with Gasteiger partial charge in [-0.05, 0) is 31.2 Å². The van der Waals surface area contributed by atoms with Crippen LogP contribution in [0.2, 0.25) is 0 Å². The molecule has 28 heavy (non-hydrogen) atoms. The standard InChI is InChI=1S/C21H20N4O2S/c1-13(2)19-24-23-18(27-19)12-28-21-22-17-7-5-4-6-16(17)20(26)25(21)15-10-8-14(3)9-11-15/h4-11,13H,12H2,1-3H3. The summed E-state index contributed by atoms with van der Waals surface area (Å²) in [5.74, 6) is 1.75. The zero-order chi connectivity index (χ0) is 19.7. The minimum absolute atomic E-state index is 0.0923. The van der Waals surface area contributed by atoms with Crippen LogP contribution in [0, 0.1) is 6.92 Å². The van der Waals surface area contributed by atoms with E-state index in [1.54, 1.807) is 10.6 Å². The van der Waals surface area contributed by atoms with Gasteiger partial charge in [0.25, 0.3) is 5.56 Å². The third-order valence-electron chi connectivity index (χ3n) is 4.34. The molecule has 4 aromatic rings. The molecule has 0 fully saturated rings. The van der Waals surface area contributed by atoms with Crippen LogP contribution in [0.3, 0.4) is 0 Å². The molecule has 0 bridgehead atoms. The monoisotopic (exact) mass is 392 g/mol. The predicted molar refractivity (Wildman–Crippen MR) is 110 cm³/mol. The number of fused-ring (bicyclic) bond motifs is 1. The molecule has 6 nitrogen and oxygen atoms in total. The third-order valence-corrected chi connectivity index (χ3v) is 5.26. The molecule has 0 aliphatic heterocycles. The summed E-state index contributed by atoms with van der Waals surface area (Å²) in [5, 5.41) is 9.35. The van der Waals surface area contributed by atoms with Crippen LogP contribution in [0.25, 0.3) is 16.6 Å². The summed E-state index contributed by atoms with van der Waals surface area (Å²) < 4.78 is 7.33. The number of aryl methyl sites for hydroxylation is 1. The minimum Gasteiger partial charge on any atom is -0.424 e. The molecule has 142 valence electrons. The van der Waals surface area contributed by atoms with Crippen LogP contribution in [0.5, 0.6) is 0 Å². The van der Waals surface area contributed by atoms with Crippen molar-refractivity contribution in [2.45, 2.75) is 37.6 Å². The van der Waals surface area contributed by atoms with Crippen molar-refractivity contribution >= 4 is 22.7 Å². The molecule has 2 aromatic carbocycles. The first kappa shape index (κ1) is 18.4. The van der Waals surface area contributed by atoms with E-state index < -0.39 is 0 Å². The lowest BCUT2D eigenvalue weighted by Gasteiger charge is -2.13. The summed E-state index contributed by atoms with van der Waals surface area (Å²) in [4.78, 5) is 17.9. The SMILES string of the molecule is Cc1ccc(-n2c(SCc3nnc(C(C)C)o3)nc3ccccc3c2=O)cc1. The number of rotatable bonds is 5. The highest BCUT2D eigenvalue weighted by Crippen LogP contribution is 2.25. The molecule has 4 rings (SSSR count). The third kappa shape index (κ3) is 3.57. The Kier molecular flexibility index (Phi) is 5.00. The minimum atomic E-state index is -0.0923. The van der Waals surface area contributed by atoms with Crippen molar-refractivity contribution in [1.82, 2.24) is 19.7 Å². The highest BCUT2D eigenvalue weighted by Gasteiger charge is 2.15. The Hall–Kier alpha value is -2.93. The second kappa shape index (κ2) is 7.59. The summed E-state index contributed by atoms with van der Waals surface area (Å²) in [6.45, 7) is 6.03. The van der Waals surface area contributed by atoms with Crippen LogP contribution >= 0.6 is 11.8 Å². The van der Waals surface area contributed by atoms with Crippen LogP contribution in [-0.2, 0) is 5.75 Å². The lowest BCUT2D eigenvalue weighted by Crippen LogP contribution is -2.21. The van der Waals surface area contributed by atoms with E-state index >= 15 is 0 Å². The molecular formula is C21H20N4O2S. The van der Waals surface area contributed by atoms with E-state index in [1.165, 1.54) is 11.8 Å². The van der Waals surface area contributed by atoms with E-state index in [2.05, 4.69) is 10.2 Å². The van der Waals surface area contributed by atoms with Crippen molar-refractivity contribution in [3.63, 3.8) is 0 Å². The maximum atomic E-state index is 13.2. The van der Waals surface area contributed by atoms with Gasteiger partial charge in [-0.15, -0.1) is 10.2 Å². The fraction of sp³-hybridized carbons (Fsp3) is 0.238. The van der Waals surface area contributed by atoms with E-state index in [-0.39, 0.29) is 11.5 Å². The first-order valence-corrected chi connectivity index (χ1v) is 10.1. The molecule has 7 heteroatoms. The molecule has 0 N–H and O–H groups in total. The van der Waals surface area contributed by atoms with Crippen molar-refractivity contribution in [2.75, 3.05) is 0 Å². The normalized spacial score (nSPS) is 11.4. The molecule has 0 saturated heterocycles. The van der Waals surface area contributed by atoms with Crippen molar-refractivity contribution < 1.29 is 4.42 Å². The van der Waals surface area contributed by atoms with Gasteiger partial charge in [-0.2, -0.15) is 0 Å². The second-order valence-corrected chi connectivity index (χ2v) is 7.81. The molecule has 0 amide bonds. The van der Waals surface area contributed by atoms with E-state index in [1.807, 2.05) is 63.2 Å². The Labute approximate surface area is 166 Å². The second-order valence-electron chi connectivity index (χ2n) is 6.87. The Balaban J connectivity index is 1.77. The van der Waals surface area contributed by atoms with Gasteiger partial charge in [0.2, 0.25) is 11.8 Å². The first-order valence-electron chi connectivity index (χ1n) is 9.07. The quantitative estimate of drug-likeness (QED) is 0.368. The summed E-state index contributed by atoms with van der Waals surface area (Å²) in [5.41, 5.74) is 2.49. The average Bonchev–Trinajstić information content (AvgIpc) is 3.17. The first-order chi connectivity index (χ1) is 13.5. The number of hydrogen-bond donors (Lipinski definition) is 0. The molecule has 0 unspecified atom stereocenters. The maximum absolute atomic E-state index is 13.2. The molecule has 0 spiro atoms. The highest BCUT2D eigenvalue weighted by molar-refractivity contribution is 7.98. The molecule has 0 aliphatic rings. The van der Waals surface area contributed by atoms with Gasteiger partial charge in [-0.1, -0.05) is 55.4 Å². The van der Waals surface area contributed by atoms with E-state index in [9.17, 15) is 4.79 Å².